The Labute approximate surface area is 140 Å². The summed E-state index contributed by atoms with van der Waals surface area (Å²) in [5, 5.41) is 0. The molecule has 3 rings (SSSR count). The first-order valence-corrected chi connectivity index (χ1v) is 9.32. The third-order valence-corrected chi connectivity index (χ3v) is 5.60. The number of nitrogens with zero attached hydrogens (tertiary/aromatic N) is 2. The van der Waals surface area contributed by atoms with E-state index in [1.807, 2.05) is 11.8 Å². The predicted octanol–water partition coefficient (Wildman–Crippen LogP) is 1.03. The van der Waals surface area contributed by atoms with E-state index in [0.717, 1.165) is 18.4 Å². The first kappa shape index (κ1) is 16.7. The molecule has 2 aromatic rings. The molecular weight excluding hydrogens is 328 g/mol. The summed E-state index contributed by atoms with van der Waals surface area (Å²) in [6.07, 6.45) is 4.52. The number of anilines is 1. The van der Waals surface area contributed by atoms with Crippen LogP contribution in [0.1, 0.15) is 18.4 Å². The maximum absolute atomic E-state index is 12.5. The Bertz CT molecular complexity index is 861. The average molecular weight is 348 g/mol. The molecule has 1 aromatic heterocycles. The monoisotopic (exact) mass is 348 g/mol. The van der Waals surface area contributed by atoms with Crippen LogP contribution in [0.3, 0.4) is 0 Å². The van der Waals surface area contributed by atoms with Crippen LogP contribution in [-0.4, -0.2) is 37.5 Å². The van der Waals surface area contributed by atoms with E-state index in [9.17, 15) is 13.2 Å². The topological polar surface area (TPSA) is 95.2 Å². The van der Waals surface area contributed by atoms with Crippen LogP contribution in [0.4, 0.5) is 5.82 Å². The van der Waals surface area contributed by atoms with Crippen molar-refractivity contribution in [3.63, 3.8) is 0 Å². The van der Waals surface area contributed by atoms with Crippen LogP contribution >= 0.6 is 0 Å². The van der Waals surface area contributed by atoms with Crippen molar-refractivity contribution < 1.29 is 8.42 Å². The van der Waals surface area contributed by atoms with Gasteiger partial charge in [0.2, 0.25) is 10.0 Å². The summed E-state index contributed by atoms with van der Waals surface area (Å²) in [5.41, 5.74) is 0.742. The van der Waals surface area contributed by atoms with Gasteiger partial charge in [0, 0.05) is 31.5 Å². The number of rotatable bonds is 4. The molecule has 0 aliphatic carbocycles. The number of hydrogen-bond donors (Lipinski definition) is 2. The summed E-state index contributed by atoms with van der Waals surface area (Å²) in [6.45, 7) is 3.02. The van der Waals surface area contributed by atoms with Crippen LogP contribution in [0.25, 0.3) is 0 Å². The lowest BCUT2D eigenvalue weighted by Crippen LogP contribution is -2.49. The molecule has 1 atom stereocenters. The number of benzene rings is 1. The summed E-state index contributed by atoms with van der Waals surface area (Å²) in [7, 11) is -3.58. The Kier molecular flexibility index (Phi) is 4.68. The Balaban J connectivity index is 1.75. The van der Waals surface area contributed by atoms with Gasteiger partial charge in [-0.3, -0.25) is 4.79 Å². The van der Waals surface area contributed by atoms with Crippen molar-refractivity contribution in [1.82, 2.24) is 14.7 Å². The standard InChI is InChI=1S/C16H20N4O3S/c1-12-4-6-14(7-5-12)24(22,23)19-13-3-2-10-20(11-13)15-16(21)18-9-8-17-15/h4-9,13,19H,2-3,10-11H2,1H3,(H,18,21). The summed E-state index contributed by atoms with van der Waals surface area (Å²) >= 11 is 0. The minimum Gasteiger partial charge on any atom is -0.350 e. The molecule has 8 heteroatoms. The van der Waals surface area contributed by atoms with Crippen LogP contribution < -0.4 is 15.2 Å². The Morgan fingerprint density at radius 2 is 2.04 bits per heavy atom. The second-order valence-corrected chi connectivity index (χ2v) is 7.68. The van der Waals surface area contributed by atoms with Crippen LogP contribution in [-0.2, 0) is 10.0 Å². The van der Waals surface area contributed by atoms with Gasteiger partial charge in [-0.2, -0.15) is 0 Å². The highest BCUT2D eigenvalue weighted by Gasteiger charge is 2.26. The quantitative estimate of drug-likeness (QED) is 0.860. The highest BCUT2D eigenvalue weighted by molar-refractivity contribution is 7.89. The molecule has 0 radical (unpaired) electrons. The van der Waals surface area contributed by atoms with Crippen molar-refractivity contribution in [3.05, 3.63) is 52.6 Å². The van der Waals surface area contributed by atoms with Crippen molar-refractivity contribution in [2.45, 2.75) is 30.7 Å². The van der Waals surface area contributed by atoms with E-state index in [1.54, 1.807) is 24.3 Å². The molecule has 128 valence electrons. The molecule has 0 amide bonds. The first-order chi connectivity index (χ1) is 11.5. The lowest BCUT2D eigenvalue weighted by molar-refractivity contribution is 0.463. The number of aryl methyl sites for hydroxylation is 1. The Morgan fingerprint density at radius 3 is 2.75 bits per heavy atom. The van der Waals surface area contributed by atoms with Gasteiger partial charge in [-0.1, -0.05) is 17.7 Å². The number of aromatic amines is 1. The molecule has 7 nitrogen and oxygen atoms in total. The highest BCUT2D eigenvalue weighted by atomic mass is 32.2. The SMILES string of the molecule is Cc1ccc(S(=O)(=O)NC2CCCN(c3ncc[nH]c3=O)C2)cc1. The molecular formula is C16H20N4O3S. The van der Waals surface area contributed by atoms with Gasteiger partial charge in [0.15, 0.2) is 5.82 Å². The predicted molar refractivity (Wildman–Crippen MR) is 91.6 cm³/mol. The van der Waals surface area contributed by atoms with Gasteiger partial charge in [-0.25, -0.2) is 18.1 Å². The lowest BCUT2D eigenvalue weighted by atomic mass is 10.1. The third kappa shape index (κ3) is 3.65. The molecule has 0 bridgehead atoms. The van der Waals surface area contributed by atoms with Crippen molar-refractivity contribution in [2.24, 2.45) is 0 Å². The van der Waals surface area contributed by atoms with E-state index >= 15 is 0 Å². The van der Waals surface area contributed by atoms with Gasteiger partial charge in [0.25, 0.3) is 5.56 Å². The van der Waals surface area contributed by atoms with Gasteiger partial charge >= 0.3 is 0 Å². The van der Waals surface area contributed by atoms with Crippen LogP contribution in [0.15, 0.2) is 46.3 Å². The highest BCUT2D eigenvalue weighted by Crippen LogP contribution is 2.17. The maximum Gasteiger partial charge on any atom is 0.290 e. The Hall–Kier alpha value is -2.19. The smallest absolute Gasteiger partial charge is 0.290 e. The number of aromatic nitrogens is 2. The van der Waals surface area contributed by atoms with E-state index in [2.05, 4.69) is 14.7 Å². The number of nitrogens with one attached hydrogen (secondary N) is 2. The van der Waals surface area contributed by atoms with Crippen molar-refractivity contribution in [1.29, 1.82) is 0 Å². The zero-order valence-corrected chi connectivity index (χ0v) is 14.2. The third-order valence-electron chi connectivity index (χ3n) is 4.06. The molecule has 2 heterocycles. The second kappa shape index (κ2) is 6.74. The van der Waals surface area contributed by atoms with Gasteiger partial charge in [-0.05, 0) is 31.9 Å². The van der Waals surface area contributed by atoms with Crippen molar-refractivity contribution in [3.8, 4) is 0 Å². The van der Waals surface area contributed by atoms with Crippen LogP contribution in [0, 0.1) is 6.92 Å². The molecule has 1 fully saturated rings. The number of piperidine rings is 1. The average Bonchev–Trinajstić information content (AvgIpc) is 2.55. The molecule has 1 aliphatic rings. The number of sulfonamides is 1. The Morgan fingerprint density at radius 1 is 1.29 bits per heavy atom. The zero-order chi connectivity index (χ0) is 17.2. The van der Waals surface area contributed by atoms with E-state index in [4.69, 9.17) is 0 Å². The molecule has 1 saturated heterocycles. The fraction of sp³-hybridized carbons (Fsp3) is 0.375. The summed E-state index contributed by atoms with van der Waals surface area (Å²) in [5.74, 6) is 0.330. The first-order valence-electron chi connectivity index (χ1n) is 7.83. The van der Waals surface area contributed by atoms with E-state index < -0.39 is 10.0 Å². The van der Waals surface area contributed by atoms with E-state index in [0.29, 0.717) is 18.9 Å². The molecule has 1 unspecified atom stereocenters. The minimum atomic E-state index is -3.58. The largest absolute Gasteiger partial charge is 0.350 e. The maximum atomic E-state index is 12.5. The fourth-order valence-corrected chi connectivity index (χ4v) is 4.10. The molecule has 1 aliphatic heterocycles. The molecule has 1 aromatic carbocycles. The van der Waals surface area contributed by atoms with Gasteiger partial charge < -0.3 is 9.88 Å². The molecule has 0 saturated carbocycles. The second-order valence-electron chi connectivity index (χ2n) is 5.96. The van der Waals surface area contributed by atoms with Crippen LogP contribution in [0.5, 0.6) is 0 Å². The van der Waals surface area contributed by atoms with Crippen LogP contribution in [0.2, 0.25) is 0 Å². The molecule has 2 N–H and O–H groups in total. The number of H-pyrrole nitrogens is 1. The zero-order valence-electron chi connectivity index (χ0n) is 13.4. The van der Waals surface area contributed by atoms with Gasteiger partial charge in [0.1, 0.15) is 0 Å². The summed E-state index contributed by atoms with van der Waals surface area (Å²) in [4.78, 5) is 20.6. The van der Waals surface area contributed by atoms with Gasteiger partial charge in [0.05, 0.1) is 4.90 Å². The summed E-state index contributed by atoms with van der Waals surface area (Å²) in [6, 6.07) is 6.49. The molecule has 24 heavy (non-hydrogen) atoms. The fourth-order valence-electron chi connectivity index (χ4n) is 2.84. The van der Waals surface area contributed by atoms with E-state index in [-0.39, 0.29) is 16.5 Å². The molecule has 0 spiro atoms. The number of hydrogen-bond acceptors (Lipinski definition) is 5. The summed E-state index contributed by atoms with van der Waals surface area (Å²) < 4.78 is 27.8. The van der Waals surface area contributed by atoms with E-state index in [1.165, 1.54) is 12.4 Å². The normalized spacial score (nSPS) is 18.5. The van der Waals surface area contributed by atoms with Gasteiger partial charge in [-0.15, -0.1) is 0 Å². The van der Waals surface area contributed by atoms with Crippen molar-refractivity contribution in [2.75, 3.05) is 18.0 Å². The lowest BCUT2D eigenvalue weighted by Gasteiger charge is -2.33. The minimum absolute atomic E-state index is 0.251. The van der Waals surface area contributed by atoms with Crippen molar-refractivity contribution >= 4 is 15.8 Å².